The zero-order chi connectivity index (χ0) is 23.7. The highest BCUT2D eigenvalue weighted by atomic mass is 35.5. The van der Waals surface area contributed by atoms with Crippen molar-refractivity contribution in [3.05, 3.63) is 67.6 Å². The van der Waals surface area contributed by atoms with E-state index in [4.69, 9.17) is 33.0 Å². The average molecular weight is 516 g/mol. The van der Waals surface area contributed by atoms with E-state index >= 15 is 0 Å². The third-order valence-electron chi connectivity index (χ3n) is 6.74. The molecule has 1 N–H and O–H groups in total. The molecule has 1 saturated carbocycles. The van der Waals surface area contributed by atoms with E-state index in [1.807, 2.05) is 11.4 Å². The lowest BCUT2D eigenvalue weighted by Crippen LogP contribution is -2.39. The highest BCUT2D eigenvalue weighted by Gasteiger charge is 2.31. The van der Waals surface area contributed by atoms with Crippen LogP contribution in [-0.4, -0.2) is 28.3 Å². The number of aromatic nitrogens is 2. The summed E-state index contributed by atoms with van der Waals surface area (Å²) in [5, 5.41) is 13.2. The van der Waals surface area contributed by atoms with Gasteiger partial charge in [-0.2, -0.15) is 16.4 Å². The number of carbonyl (C=O) groups is 1. The molecule has 34 heavy (non-hydrogen) atoms. The lowest BCUT2D eigenvalue weighted by molar-refractivity contribution is 0.0906. The summed E-state index contributed by atoms with van der Waals surface area (Å²) in [6.07, 6.45) is 8.15. The van der Waals surface area contributed by atoms with E-state index in [0.717, 1.165) is 35.2 Å². The van der Waals surface area contributed by atoms with Crippen LogP contribution in [0.5, 0.6) is 0 Å². The second-order valence-electron chi connectivity index (χ2n) is 9.06. The molecule has 3 aromatic rings. The molecule has 0 radical (unpaired) electrons. The lowest BCUT2D eigenvalue weighted by atomic mass is 9.84. The summed E-state index contributed by atoms with van der Waals surface area (Å²) in [6, 6.07) is 7.46. The van der Waals surface area contributed by atoms with E-state index in [1.165, 1.54) is 19.3 Å². The Balaban J connectivity index is 1.57. The Hall–Kier alpha value is -2.12. The monoisotopic (exact) mass is 515 g/mol. The van der Waals surface area contributed by atoms with Gasteiger partial charge in [0, 0.05) is 22.2 Å². The Morgan fingerprint density at radius 2 is 2.06 bits per heavy atom. The van der Waals surface area contributed by atoms with Gasteiger partial charge in [0.1, 0.15) is 0 Å². The van der Waals surface area contributed by atoms with E-state index in [1.54, 1.807) is 28.2 Å². The zero-order valence-corrected chi connectivity index (χ0v) is 21.3. The molecule has 8 heteroatoms. The third-order valence-corrected chi connectivity index (χ3v) is 7.98. The van der Waals surface area contributed by atoms with E-state index in [2.05, 4.69) is 29.8 Å². The van der Waals surface area contributed by atoms with Crippen LogP contribution in [0.1, 0.15) is 66.3 Å². The number of hydrogen-bond acceptors (Lipinski definition) is 4. The maximum atomic E-state index is 13.5. The minimum Gasteiger partial charge on any atom is -0.372 e. The maximum absolute atomic E-state index is 13.5. The van der Waals surface area contributed by atoms with Gasteiger partial charge in [-0.3, -0.25) is 4.79 Å². The number of halogens is 2. The Kier molecular flexibility index (Phi) is 7.11. The van der Waals surface area contributed by atoms with Crippen molar-refractivity contribution in [2.75, 3.05) is 6.61 Å². The predicted octanol–water partition coefficient (Wildman–Crippen LogP) is 7.01. The van der Waals surface area contributed by atoms with Gasteiger partial charge >= 0.3 is 0 Å². The van der Waals surface area contributed by atoms with Crippen LogP contribution in [0.4, 0.5) is 0 Å². The van der Waals surface area contributed by atoms with Crippen LogP contribution in [0.2, 0.25) is 10.0 Å². The first kappa shape index (κ1) is 23.6. The van der Waals surface area contributed by atoms with Crippen LogP contribution in [0.25, 0.3) is 17.3 Å². The highest BCUT2D eigenvalue weighted by Crippen LogP contribution is 2.35. The molecule has 178 valence electrons. The molecule has 5 rings (SSSR count). The lowest BCUT2D eigenvalue weighted by Gasteiger charge is -2.28. The van der Waals surface area contributed by atoms with Crippen molar-refractivity contribution < 1.29 is 9.53 Å². The summed E-state index contributed by atoms with van der Waals surface area (Å²) in [5.41, 5.74) is 4.75. The van der Waals surface area contributed by atoms with Gasteiger partial charge in [0.05, 0.1) is 29.6 Å². The molecule has 2 aliphatic rings. The van der Waals surface area contributed by atoms with E-state index in [0.29, 0.717) is 40.6 Å². The van der Waals surface area contributed by atoms with Crippen molar-refractivity contribution in [2.45, 2.75) is 51.7 Å². The molecule has 1 fully saturated rings. The molecule has 0 unspecified atom stereocenters. The number of thiophene rings is 1. The van der Waals surface area contributed by atoms with E-state index in [-0.39, 0.29) is 11.9 Å². The van der Waals surface area contributed by atoms with Crippen LogP contribution >= 0.6 is 34.5 Å². The second-order valence-corrected chi connectivity index (χ2v) is 10.7. The molecular weight excluding hydrogens is 489 g/mol. The number of fused-ring (bicyclic) bond motifs is 1. The molecule has 1 atom stereocenters. The van der Waals surface area contributed by atoms with Gasteiger partial charge in [-0.05, 0) is 72.3 Å². The highest BCUT2D eigenvalue weighted by molar-refractivity contribution is 7.08. The third kappa shape index (κ3) is 4.82. The van der Waals surface area contributed by atoms with Gasteiger partial charge in [-0.25, -0.2) is 4.68 Å². The number of ether oxygens (including phenoxy) is 1. The van der Waals surface area contributed by atoms with Crippen molar-refractivity contribution in [1.82, 2.24) is 15.1 Å². The Morgan fingerprint density at radius 1 is 1.24 bits per heavy atom. The van der Waals surface area contributed by atoms with Crippen molar-refractivity contribution in [3.8, 4) is 5.69 Å². The van der Waals surface area contributed by atoms with Gasteiger partial charge in [0.25, 0.3) is 5.91 Å². The molecule has 1 aliphatic heterocycles. The topological polar surface area (TPSA) is 56.2 Å². The van der Waals surface area contributed by atoms with Crippen molar-refractivity contribution in [1.29, 1.82) is 0 Å². The van der Waals surface area contributed by atoms with Crippen LogP contribution in [-0.2, 0) is 11.3 Å². The van der Waals surface area contributed by atoms with Crippen molar-refractivity contribution in [3.63, 3.8) is 0 Å². The summed E-state index contributed by atoms with van der Waals surface area (Å²) >= 11 is 14.4. The first-order chi connectivity index (χ1) is 16.5. The quantitative estimate of drug-likeness (QED) is 0.397. The van der Waals surface area contributed by atoms with Gasteiger partial charge < -0.3 is 10.1 Å². The number of nitrogens with zero attached hydrogens (tertiary/aromatic N) is 2. The smallest absolute Gasteiger partial charge is 0.272 e. The number of benzene rings is 1. The van der Waals surface area contributed by atoms with Gasteiger partial charge in [-0.15, -0.1) is 0 Å². The van der Waals surface area contributed by atoms with Gasteiger partial charge in [-0.1, -0.05) is 42.5 Å². The minimum absolute atomic E-state index is 0.0954. The Bertz CT molecular complexity index is 1210. The number of amides is 1. The normalized spacial score (nSPS) is 18.6. The molecular formula is C26H27Cl2N3O2S. The molecule has 2 aromatic heterocycles. The van der Waals surface area contributed by atoms with Crippen LogP contribution < -0.4 is 5.32 Å². The molecule has 1 aliphatic carbocycles. The summed E-state index contributed by atoms with van der Waals surface area (Å²) < 4.78 is 7.69. The minimum atomic E-state index is -0.168. The fraction of sp³-hybridized carbons (Fsp3) is 0.385. The molecule has 1 aromatic carbocycles. The molecule has 5 nitrogen and oxygen atoms in total. The number of carbonyl (C=O) groups excluding carboxylic acids is 1. The summed E-state index contributed by atoms with van der Waals surface area (Å²) in [4.78, 5) is 13.5. The molecule has 1 amide bonds. The maximum Gasteiger partial charge on any atom is 0.272 e. The fourth-order valence-electron chi connectivity index (χ4n) is 4.95. The molecule has 3 heterocycles. The van der Waals surface area contributed by atoms with Crippen molar-refractivity contribution in [2.24, 2.45) is 5.92 Å². The fourth-order valence-corrected chi connectivity index (χ4v) is 6.06. The standard InChI is InChI=1S/C26H27Cl2N3O2S/c1-16(18-5-3-2-4-6-18)29-26(32)24-21-14-33-13-19(11-17-9-10-34-15-17)25(21)31(30-24)23-8-7-20(27)12-22(23)28/h7-12,15-16,18H,2-6,13-14H2,1H3,(H,29,32)/t16-/m0/s1. The Labute approximate surface area is 213 Å². The van der Waals surface area contributed by atoms with E-state index < -0.39 is 0 Å². The number of rotatable bonds is 5. The number of hydrogen-bond donors (Lipinski definition) is 1. The molecule has 0 spiro atoms. The first-order valence-corrected chi connectivity index (χ1v) is 13.4. The molecule has 0 bridgehead atoms. The first-order valence-electron chi connectivity index (χ1n) is 11.7. The average Bonchev–Trinajstić information content (AvgIpc) is 3.48. The largest absolute Gasteiger partial charge is 0.372 e. The number of nitrogens with one attached hydrogen (secondary N) is 1. The predicted molar refractivity (Wildman–Crippen MR) is 139 cm³/mol. The summed E-state index contributed by atoms with van der Waals surface area (Å²) in [5.74, 6) is 0.338. The summed E-state index contributed by atoms with van der Waals surface area (Å²) in [6.45, 7) is 2.85. The van der Waals surface area contributed by atoms with Gasteiger partial charge in [0.15, 0.2) is 5.69 Å². The van der Waals surface area contributed by atoms with E-state index in [9.17, 15) is 4.79 Å². The van der Waals surface area contributed by atoms with Crippen LogP contribution in [0.3, 0.4) is 0 Å². The zero-order valence-electron chi connectivity index (χ0n) is 19.0. The summed E-state index contributed by atoms with van der Waals surface area (Å²) in [7, 11) is 0. The molecule has 0 saturated heterocycles. The second kappa shape index (κ2) is 10.2. The van der Waals surface area contributed by atoms with Crippen LogP contribution in [0.15, 0.2) is 35.0 Å². The SMILES string of the molecule is C[C@H](NC(=O)c1nn(-c2ccc(Cl)cc2Cl)c2c1COCC2=Cc1ccsc1)C1CCCCC1. The van der Waals surface area contributed by atoms with Gasteiger partial charge in [0.2, 0.25) is 0 Å². The van der Waals surface area contributed by atoms with Crippen molar-refractivity contribution >= 4 is 52.1 Å². The Morgan fingerprint density at radius 3 is 2.79 bits per heavy atom. The van der Waals surface area contributed by atoms with Crippen LogP contribution in [0, 0.1) is 5.92 Å².